The van der Waals surface area contributed by atoms with Crippen LogP contribution in [0.3, 0.4) is 0 Å². The maximum atomic E-state index is 13.3. The van der Waals surface area contributed by atoms with Crippen LogP contribution in [0, 0.1) is 5.41 Å². The van der Waals surface area contributed by atoms with E-state index < -0.39 is 34.7 Å². The minimum absolute atomic E-state index is 0.134. The van der Waals surface area contributed by atoms with Crippen molar-refractivity contribution >= 4 is 19.2 Å². The van der Waals surface area contributed by atoms with E-state index in [0.717, 1.165) is 23.3 Å². The van der Waals surface area contributed by atoms with E-state index in [0.29, 0.717) is 38.8 Å². The third-order valence-electron chi connectivity index (χ3n) is 8.99. The molecule has 228 valence electrons. The van der Waals surface area contributed by atoms with Gasteiger partial charge in [-0.1, -0.05) is 48.9 Å². The average molecular weight is 581 g/mol. The van der Waals surface area contributed by atoms with E-state index in [2.05, 4.69) is 5.32 Å². The zero-order valence-electron chi connectivity index (χ0n) is 25.8. The number of likely N-dealkylation sites (tertiary alicyclic amines) is 1. The van der Waals surface area contributed by atoms with Crippen LogP contribution in [-0.2, 0) is 36.7 Å². The Labute approximate surface area is 250 Å². The van der Waals surface area contributed by atoms with Gasteiger partial charge in [0.15, 0.2) is 0 Å². The molecule has 2 atom stereocenters. The van der Waals surface area contributed by atoms with Crippen LogP contribution in [0.5, 0.6) is 5.75 Å². The molecule has 2 aliphatic rings. The Bertz CT molecular complexity index is 1180. The molecule has 0 bridgehead atoms. The summed E-state index contributed by atoms with van der Waals surface area (Å²) in [5.41, 5.74) is 0.603. The second kappa shape index (κ2) is 13.5. The van der Waals surface area contributed by atoms with E-state index in [9.17, 15) is 9.59 Å². The van der Waals surface area contributed by atoms with Gasteiger partial charge in [0.25, 0.3) is 0 Å². The number of carbonyl (C=O) groups excluding carboxylic acids is 2. The minimum atomic E-state index is -0.785. The summed E-state index contributed by atoms with van der Waals surface area (Å²) in [4.78, 5) is 28.2. The summed E-state index contributed by atoms with van der Waals surface area (Å²) >= 11 is 0. The van der Waals surface area contributed by atoms with Crippen molar-refractivity contribution in [3.8, 4) is 5.75 Å². The van der Waals surface area contributed by atoms with Crippen molar-refractivity contribution < 1.29 is 33.1 Å². The van der Waals surface area contributed by atoms with E-state index in [1.807, 2.05) is 82.3 Å². The van der Waals surface area contributed by atoms with Gasteiger partial charge in [-0.15, -0.1) is 0 Å². The van der Waals surface area contributed by atoms with Crippen molar-refractivity contribution in [2.75, 3.05) is 27.3 Å². The standard InChI is InChI=1S/C32H45BN2O7/c1-30(2)31(3,4)42-33(41-30)19-10-17-32(23-34-21-24-13-15-26(38-5)16-14-24)18-20-35(27(32)28(36)39-6)29(37)40-22-25-11-8-7-9-12-25/h7-9,11-16,27,34H,10,17-23H2,1-6H3. The molecule has 2 aromatic carbocycles. The van der Waals surface area contributed by atoms with Gasteiger partial charge < -0.3 is 28.8 Å². The predicted octanol–water partition coefficient (Wildman–Crippen LogP) is 5.23. The number of nitrogens with zero attached hydrogens (tertiary/aromatic N) is 1. The van der Waals surface area contributed by atoms with Crippen molar-refractivity contribution in [3.05, 3.63) is 65.7 Å². The summed E-state index contributed by atoms with van der Waals surface area (Å²) < 4.78 is 28.7. The van der Waals surface area contributed by atoms with Crippen LogP contribution in [0.15, 0.2) is 54.6 Å². The number of ether oxygens (including phenoxy) is 3. The number of nitrogens with one attached hydrogen (secondary N) is 1. The van der Waals surface area contributed by atoms with Gasteiger partial charge in [0.05, 0.1) is 25.4 Å². The van der Waals surface area contributed by atoms with Gasteiger partial charge in [-0.2, -0.15) is 0 Å². The van der Waals surface area contributed by atoms with Gasteiger partial charge in [0.2, 0.25) is 0 Å². The molecule has 0 saturated carbocycles. The molecule has 2 unspecified atom stereocenters. The molecular formula is C32H45BN2O7. The summed E-state index contributed by atoms with van der Waals surface area (Å²) in [6.45, 7) is 9.83. The Morgan fingerprint density at radius 2 is 1.64 bits per heavy atom. The molecule has 2 aromatic rings. The molecule has 1 amide bonds. The first-order valence-electron chi connectivity index (χ1n) is 14.7. The van der Waals surface area contributed by atoms with E-state index >= 15 is 0 Å². The van der Waals surface area contributed by atoms with Gasteiger partial charge in [-0.3, -0.25) is 4.90 Å². The summed E-state index contributed by atoms with van der Waals surface area (Å²) in [6, 6.07) is 16.6. The lowest BCUT2D eigenvalue weighted by molar-refractivity contribution is -0.149. The largest absolute Gasteiger partial charge is 0.497 e. The summed E-state index contributed by atoms with van der Waals surface area (Å²) in [5.74, 6) is 0.357. The maximum Gasteiger partial charge on any atom is 0.457 e. The van der Waals surface area contributed by atoms with Gasteiger partial charge >= 0.3 is 19.2 Å². The Kier molecular flexibility index (Phi) is 10.2. The summed E-state index contributed by atoms with van der Waals surface area (Å²) in [7, 11) is 2.68. The number of benzene rings is 2. The van der Waals surface area contributed by atoms with Crippen molar-refractivity contribution in [2.45, 2.75) is 83.7 Å². The van der Waals surface area contributed by atoms with Gasteiger partial charge in [-0.05, 0) is 70.1 Å². The fourth-order valence-electron chi connectivity index (χ4n) is 5.87. The lowest BCUT2D eigenvalue weighted by Crippen LogP contribution is -2.52. The zero-order valence-corrected chi connectivity index (χ0v) is 25.8. The monoisotopic (exact) mass is 580 g/mol. The Balaban J connectivity index is 1.49. The van der Waals surface area contributed by atoms with E-state index in [4.69, 9.17) is 23.5 Å². The molecule has 2 saturated heterocycles. The highest BCUT2D eigenvalue weighted by Crippen LogP contribution is 2.44. The number of hydrogen-bond acceptors (Lipinski definition) is 8. The first-order valence-corrected chi connectivity index (χ1v) is 14.7. The second-order valence-electron chi connectivity index (χ2n) is 12.3. The third kappa shape index (κ3) is 7.28. The van der Waals surface area contributed by atoms with Crippen molar-refractivity contribution in [2.24, 2.45) is 5.41 Å². The van der Waals surface area contributed by atoms with Crippen LogP contribution in [0.2, 0.25) is 6.32 Å². The fraction of sp³-hybridized carbons (Fsp3) is 0.562. The molecule has 10 heteroatoms. The predicted molar refractivity (Wildman–Crippen MR) is 161 cm³/mol. The summed E-state index contributed by atoms with van der Waals surface area (Å²) in [6.07, 6.45) is 2.22. The fourth-order valence-corrected chi connectivity index (χ4v) is 5.87. The summed E-state index contributed by atoms with van der Waals surface area (Å²) in [5, 5.41) is 3.56. The molecule has 4 rings (SSSR count). The zero-order chi connectivity index (χ0) is 30.4. The third-order valence-corrected chi connectivity index (χ3v) is 8.99. The Morgan fingerprint density at radius 1 is 0.976 bits per heavy atom. The van der Waals surface area contributed by atoms with Crippen LogP contribution >= 0.6 is 0 Å². The molecule has 42 heavy (non-hydrogen) atoms. The minimum Gasteiger partial charge on any atom is -0.497 e. The molecule has 2 aliphatic heterocycles. The van der Waals surface area contributed by atoms with E-state index in [1.54, 1.807) is 12.0 Å². The van der Waals surface area contributed by atoms with Crippen LogP contribution in [0.25, 0.3) is 0 Å². The molecular weight excluding hydrogens is 535 g/mol. The molecule has 2 fully saturated rings. The average Bonchev–Trinajstić information content (AvgIpc) is 3.44. The highest BCUT2D eigenvalue weighted by molar-refractivity contribution is 6.45. The Morgan fingerprint density at radius 3 is 2.26 bits per heavy atom. The first kappa shape index (κ1) is 31.9. The van der Waals surface area contributed by atoms with Crippen molar-refractivity contribution in [3.63, 3.8) is 0 Å². The van der Waals surface area contributed by atoms with Crippen molar-refractivity contribution in [1.29, 1.82) is 0 Å². The maximum absolute atomic E-state index is 13.3. The molecule has 1 N–H and O–H groups in total. The van der Waals surface area contributed by atoms with Crippen molar-refractivity contribution in [1.82, 2.24) is 10.2 Å². The van der Waals surface area contributed by atoms with Crippen LogP contribution in [-0.4, -0.2) is 68.6 Å². The highest BCUT2D eigenvalue weighted by atomic mass is 16.7. The molecule has 9 nitrogen and oxygen atoms in total. The van der Waals surface area contributed by atoms with Crippen LogP contribution in [0.4, 0.5) is 4.79 Å². The van der Waals surface area contributed by atoms with E-state index in [1.165, 1.54) is 7.11 Å². The second-order valence-corrected chi connectivity index (χ2v) is 12.3. The number of carbonyl (C=O) groups is 2. The van der Waals surface area contributed by atoms with Gasteiger partial charge in [0, 0.05) is 25.0 Å². The molecule has 0 radical (unpaired) electrons. The van der Waals surface area contributed by atoms with E-state index in [-0.39, 0.29) is 13.7 Å². The number of esters is 1. The number of amides is 1. The molecule has 0 spiro atoms. The number of hydrogen-bond donors (Lipinski definition) is 1. The molecule has 0 aromatic heterocycles. The SMILES string of the molecule is COC(=O)C1N(C(=O)OCc2ccccc2)CCC1(CCCB1OC(C)(C)C(C)(C)O1)CNCc1ccc(OC)cc1. The Hall–Kier alpha value is -3.08. The first-order chi connectivity index (χ1) is 20.0. The topological polar surface area (TPSA) is 95.6 Å². The smallest absolute Gasteiger partial charge is 0.457 e. The number of methoxy groups -OCH3 is 2. The lowest BCUT2D eigenvalue weighted by Gasteiger charge is -2.36. The molecule has 0 aliphatic carbocycles. The normalized spacial score (nSPS) is 22.7. The molecule has 2 heterocycles. The highest BCUT2D eigenvalue weighted by Gasteiger charge is 2.54. The lowest BCUT2D eigenvalue weighted by atomic mass is 9.72. The quantitative estimate of drug-likeness (QED) is 0.270. The van der Waals surface area contributed by atoms with Crippen LogP contribution < -0.4 is 10.1 Å². The van der Waals surface area contributed by atoms with Gasteiger partial charge in [0.1, 0.15) is 18.4 Å². The number of rotatable bonds is 12. The van der Waals surface area contributed by atoms with Gasteiger partial charge in [-0.25, -0.2) is 9.59 Å². The van der Waals surface area contributed by atoms with Crippen LogP contribution in [0.1, 0.15) is 58.1 Å².